The molecule has 0 saturated heterocycles. The zero-order valence-electron chi connectivity index (χ0n) is 17.2. The molecule has 0 amide bonds. The van der Waals surface area contributed by atoms with E-state index >= 15 is 0 Å². The fourth-order valence-electron chi connectivity index (χ4n) is 3.18. The summed E-state index contributed by atoms with van der Waals surface area (Å²) in [4.78, 5) is 12.4. The van der Waals surface area contributed by atoms with Gasteiger partial charge in [0, 0.05) is 6.42 Å². The van der Waals surface area contributed by atoms with E-state index in [1.54, 1.807) is 29.1 Å². The molecule has 0 aliphatic heterocycles. The van der Waals surface area contributed by atoms with E-state index in [-0.39, 0.29) is 6.42 Å². The second-order valence-electron chi connectivity index (χ2n) is 7.21. The maximum Gasteiger partial charge on any atom is 0.307 e. The number of ether oxygens (including phenoxy) is 2. The fraction of sp³-hybridized carbons (Fsp3) is 0.208. The van der Waals surface area contributed by atoms with E-state index < -0.39 is 5.97 Å². The minimum absolute atomic E-state index is 0.00761. The molecule has 4 aromatic rings. The van der Waals surface area contributed by atoms with E-state index in [4.69, 9.17) is 14.6 Å². The summed E-state index contributed by atoms with van der Waals surface area (Å²) in [6.07, 6.45) is 0.701. The first-order chi connectivity index (χ1) is 15.1. The molecular formula is C24H23N3O4. The molecule has 0 saturated carbocycles. The predicted octanol–water partition coefficient (Wildman–Crippen LogP) is 4.20. The Labute approximate surface area is 179 Å². The third kappa shape index (κ3) is 5.19. The third-order valence-electron chi connectivity index (χ3n) is 4.71. The van der Waals surface area contributed by atoms with Crippen molar-refractivity contribution in [2.45, 2.75) is 19.8 Å². The van der Waals surface area contributed by atoms with Gasteiger partial charge < -0.3 is 14.6 Å². The Morgan fingerprint density at radius 2 is 1.61 bits per heavy atom. The van der Waals surface area contributed by atoms with Crippen molar-refractivity contribution in [1.29, 1.82) is 0 Å². The van der Waals surface area contributed by atoms with Gasteiger partial charge in [0.25, 0.3) is 0 Å². The number of nitrogens with zero attached hydrogens (tertiary/aromatic N) is 3. The van der Waals surface area contributed by atoms with Gasteiger partial charge >= 0.3 is 5.97 Å². The van der Waals surface area contributed by atoms with Gasteiger partial charge in [-0.3, -0.25) is 4.79 Å². The highest BCUT2D eigenvalue weighted by Crippen LogP contribution is 2.24. The highest BCUT2D eigenvalue weighted by molar-refractivity contribution is 5.73. The number of aromatic nitrogens is 3. The average Bonchev–Trinajstić information content (AvgIpc) is 3.19. The predicted molar refractivity (Wildman–Crippen MR) is 117 cm³/mol. The van der Waals surface area contributed by atoms with Gasteiger partial charge in [-0.15, -0.1) is 15.0 Å². The monoisotopic (exact) mass is 417 g/mol. The Morgan fingerprint density at radius 1 is 0.935 bits per heavy atom. The molecule has 0 bridgehead atoms. The van der Waals surface area contributed by atoms with Crippen molar-refractivity contribution >= 4 is 17.0 Å². The van der Waals surface area contributed by atoms with Crippen molar-refractivity contribution in [3.05, 3.63) is 77.9 Å². The van der Waals surface area contributed by atoms with Crippen LogP contribution in [0.4, 0.5) is 0 Å². The van der Waals surface area contributed by atoms with E-state index in [1.165, 1.54) is 0 Å². The zero-order chi connectivity index (χ0) is 21.6. The van der Waals surface area contributed by atoms with Crippen molar-refractivity contribution in [1.82, 2.24) is 15.0 Å². The van der Waals surface area contributed by atoms with Crippen LogP contribution in [0.2, 0.25) is 0 Å². The second kappa shape index (κ2) is 9.30. The van der Waals surface area contributed by atoms with E-state index in [1.807, 2.05) is 49.4 Å². The summed E-state index contributed by atoms with van der Waals surface area (Å²) in [5, 5.41) is 17.9. The molecule has 0 radical (unpaired) electrons. The number of aliphatic carboxylic acids is 1. The van der Waals surface area contributed by atoms with Crippen LogP contribution in [-0.2, 0) is 11.2 Å². The molecule has 0 spiro atoms. The molecule has 0 aliphatic rings. The van der Waals surface area contributed by atoms with Gasteiger partial charge in [0.1, 0.15) is 28.2 Å². The standard InChI is InChI=1S/C24H23N3O4/c1-17-7-12-23(22(15-17)27-25-20-5-2-3-6-21(20)26-27)31-14-4-13-30-19-10-8-18(9-11-19)16-24(28)29/h2-3,5-12,15H,4,13-14,16H2,1H3,(H,28,29). The molecule has 31 heavy (non-hydrogen) atoms. The van der Waals surface area contributed by atoms with Gasteiger partial charge in [-0.2, -0.15) is 0 Å². The second-order valence-corrected chi connectivity index (χ2v) is 7.21. The molecule has 0 aliphatic carbocycles. The van der Waals surface area contributed by atoms with E-state index in [9.17, 15) is 4.79 Å². The minimum Gasteiger partial charge on any atom is -0.493 e. The Morgan fingerprint density at radius 3 is 2.29 bits per heavy atom. The number of benzene rings is 3. The molecule has 3 aromatic carbocycles. The topological polar surface area (TPSA) is 86.5 Å². The number of carboxylic acids is 1. The SMILES string of the molecule is Cc1ccc(OCCCOc2ccc(CC(=O)O)cc2)c(-n2nc3ccccc3n2)c1. The molecule has 1 aromatic heterocycles. The van der Waals surface area contributed by atoms with Crippen LogP contribution in [0.3, 0.4) is 0 Å². The number of hydrogen-bond donors (Lipinski definition) is 1. The van der Waals surface area contributed by atoms with Crippen molar-refractivity contribution in [2.24, 2.45) is 0 Å². The normalized spacial score (nSPS) is 10.9. The van der Waals surface area contributed by atoms with Crippen LogP contribution in [0.1, 0.15) is 17.5 Å². The van der Waals surface area contributed by atoms with Crippen molar-refractivity contribution in [3.63, 3.8) is 0 Å². The Balaban J connectivity index is 1.34. The van der Waals surface area contributed by atoms with Gasteiger partial charge in [-0.1, -0.05) is 30.3 Å². The minimum atomic E-state index is -0.847. The highest BCUT2D eigenvalue weighted by Gasteiger charge is 2.11. The lowest BCUT2D eigenvalue weighted by atomic mass is 10.1. The molecule has 7 nitrogen and oxygen atoms in total. The number of rotatable bonds is 9. The lowest BCUT2D eigenvalue weighted by molar-refractivity contribution is -0.136. The molecule has 0 fully saturated rings. The van der Waals surface area contributed by atoms with Gasteiger partial charge in [0.05, 0.1) is 19.6 Å². The largest absolute Gasteiger partial charge is 0.493 e. The first-order valence-electron chi connectivity index (χ1n) is 10.1. The molecule has 4 rings (SSSR count). The van der Waals surface area contributed by atoms with Gasteiger partial charge in [0.15, 0.2) is 0 Å². The average molecular weight is 417 g/mol. The number of hydrogen-bond acceptors (Lipinski definition) is 5. The Kier molecular flexibility index (Phi) is 6.12. The van der Waals surface area contributed by atoms with E-state index in [2.05, 4.69) is 10.2 Å². The van der Waals surface area contributed by atoms with Crippen LogP contribution in [0.15, 0.2) is 66.7 Å². The summed E-state index contributed by atoms with van der Waals surface area (Å²) in [6.45, 7) is 2.99. The summed E-state index contributed by atoms with van der Waals surface area (Å²) in [5.41, 5.74) is 4.30. The lowest BCUT2D eigenvalue weighted by Gasteiger charge is -2.12. The smallest absolute Gasteiger partial charge is 0.307 e. The van der Waals surface area contributed by atoms with Crippen LogP contribution < -0.4 is 9.47 Å². The lowest BCUT2D eigenvalue weighted by Crippen LogP contribution is -2.08. The van der Waals surface area contributed by atoms with Crippen molar-refractivity contribution < 1.29 is 19.4 Å². The number of aryl methyl sites for hydroxylation is 1. The number of carbonyl (C=O) groups is 1. The summed E-state index contributed by atoms with van der Waals surface area (Å²) in [7, 11) is 0. The summed E-state index contributed by atoms with van der Waals surface area (Å²) >= 11 is 0. The van der Waals surface area contributed by atoms with E-state index in [0.29, 0.717) is 31.1 Å². The zero-order valence-corrected chi connectivity index (χ0v) is 17.2. The van der Waals surface area contributed by atoms with Gasteiger partial charge in [-0.25, -0.2) is 0 Å². The summed E-state index contributed by atoms with van der Waals surface area (Å²) in [5.74, 6) is 0.571. The first kappa shape index (κ1) is 20.4. The van der Waals surface area contributed by atoms with E-state index in [0.717, 1.165) is 27.8 Å². The molecule has 0 unspecified atom stereocenters. The van der Waals surface area contributed by atoms with Crippen LogP contribution in [0, 0.1) is 6.92 Å². The summed E-state index contributed by atoms with van der Waals surface area (Å²) < 4.78 is 11.7. The maximum atomic E-state index is 10.7. The third-order valence-corrected chi connectivity index (χ3v) is 4.71. The Hall–Kier alpha value is -3.87. The maximum absolute atomic E-state index is 10.7. The van der Waals surface area contributed by atoms with Crippen LogP contribution >= 0.6 is 0 Å². The fourth-order valence-corrected chi connectivity index (χ4v) is 3.18. The highest BCUT2D eigenvalue weighted by atomic mass is 16.5. The quantitative estimate of drug-likeness (QED) is 0.411. The molecule has 0 atom stereocenters. The molecule has 158 valence electrons. The van der Waals surface area contributed by atoms with Crippen molar-refractivity contribution in [2.75, 3.05) is 13.2 Å². The molecule has 1 heterocycles. The van der Waals surface area contributed by atoms with Gasteiger partial charge in [0.2, 0.25) is 0 Å². The van der Waals surface area contributed by atoms with Crippen LogP contribution in [0.25, 0.3) is 16.7 Å². The van der Waals surface area contributed by atoms with Gasteiger partial charge in [-0.05, 0) is 54.4 Å². The molecule has 7 heteroatoms. The Bertz CT molecular complexity index is 1150. The number of fused-ring (bicyclic) bond motifs is 1. The summed E-state index contributed by atoms with van der Waals surface area (Å²) in [6, 6.07) is 20.8. The van der Waals surface area contributed by atoms with Crippen LogP contribution in [-0.4, -0.2) is 39.3 Å². The van der Waals surface area contributed by atoms with Crippen LogP contribution in [0.5, 0.6) is 11.5 Å². The first-order valence-corrected chi connectivity index (χ1v) is 10.1. The van der Waals surface area contributed by atoms with Crippen molar-refractivity contribution in [3.8, 4) is 17.2 Å². The number of carboxylic acid groups (broad SMARTS) is 1. The molecule has 1 N–H and O–H groups in total. The molecular weight excluding hydrogens is 394 g/mol.